The third-order valence-electron chi connectivity index (χ3n) is 6.66. The van der Waals surface area contributed by atoms with Crippen LogP contribution in [-0.2, 0) is 25.7 Å². The van der Waals surface area contributed by atoms with Gasteiger partial charge in [0.2, 0.25) is 17.6 Å². The average Bonchev–Trinajstić information content (AvgIpc) is 2.83. The summed E-state index contributed by atoms with van der Waals surface area (Å²) in [4.78, 5) is 55.5. The number of hydrogen-bond donors (Lipinski definition) is 3. The molecular formula is C24H30FN5O5. The highest BCUT2D eigenvalue weighted by Crippen LogP contribution is 2.32. The summed E-state index contributed by atoms with van der Waals surface area (Å²) in [6.07, 6.45) is 1.24. The largest absolute Gasteiger partial charge is 0.503 e. The van der Waals surface area contributed by atoms with Crippen LogP contribution in [0.3, 0.4) is 0 Å². The number of allylic oxidation sites excluding steroid dienone is 1. The number of aliphatic hydroxyl groups is 1. The van der Waals surface area contributed by atoms with Crippen molar-refractivity contribution in [2.75, 3.05) is 39.3 Å². The number of rotatable bonds is 7. The Morgan fingerprint density at radius 2 is 1.86 bits per heavy atom. The minimum atomic E-state index is -1.16. The molecule has 3 aliphatic heterocycles. The van der Waals surface area contributed by atoms with Crippen LogP contribution in [0.25, 0.3) is 0 Å². The van der Waals surface area contributed by atoms with E-state index in [0.29, 0.717) is 31.7 Å². The van der Waals surface area contributed by atoms with Crippen LogP contribution in [0, 0.1) is 11.7 Å². The number of benzene rings is 1. The Balaban J connectivity index is 1.45. The van der Waals surface area contributed by atoms with Gasteiger partial charge in [0.15, 0.2) is 5.76 Å². The van der Waals surface area contributed by atoms with Gasteiger partial charge >= 0.3 is 0 Å². The number of hydrogen-bond acceptors (Lipinski definition) is 7. The zero-order valence-corrected chi connectivity index (χ0v) is 19.6. The van der Waals surface area contributed by atoms with Crippen LogP contribution in [0.5, 0.6) is 0 Å². The molecule has 35 heavy (non-hydrogen) atoms. The lowest BCUT2D eigenvalue weighted by atomic mass is 9.92. The molecule has 4 rings (SSSR count). The summed E-state index contributed by atoms with van der Waals surface area (Å²) in [7, 11) is 0. The Kier molecular flexibility index (Phi) is 7.34. The molecule has 11 heteroatoms. The maximum atomic E-state index is 13.2. The summed E-state index contributed by atoms with van der Waals surface area (Å²) in [5.74, 6) is -4.06. The zero-order valence-electron chi connectivity index (χ0n) is 19.6. The van der Waals surface area contributed by atoms with Crippen molar-refractivity contribution in [3.63, 3.8) is 0 Å². The standard InChI is InChI=1S/C24H30FN5O5/c1-15(31)26-8-2-9-28-10-3-11-30-19(28)14-29-13-18(21(32)22(33)20(29)24(30)35)23(34)27-12-16-4-6-17(25)7-5-16/h4-7,18-19,33H,2-3,8-14H2,1H3,(H,26,31)(H,27,34). The third-order valence-corrected chi connectivity index (χ3v) is 6.66. The van der Waals surface area contributed by atoms with Crippen LogP contribution in [-0.4, -0.2) is 88.7 Å². The first-order valence-corrected chi connectivity index (χ1v) is 11.8. The van der Waals surface area contributed by atoms with E-state index < -0.39 is 29.3 Å². The first-order chi connectivity index (χ1) is 16.8. The summed E-state index contributed by atoms with van der Waals surface area (Å²) in [6.45, 7) is 4.44. The van der Waals surface area contributed by atoms with Crippen LogP contribution in [0.1, 0.15) is 25.3 Å². The van der Waals surface area contributed by atoms with Crippen molar-refractivity contribution >= 4 is 23.5 Å². The number of nitrogens with zero attached hydrogens (tertiary/aromatic N) is 3. The number of carbonyl (C=O) groups is 4. The van der Waals surface area contributed by atoms with Gasteiger partial charge in [-0.05, 0) is 30.5 Å². The lowest BCUT2D eigenvalue weighted by Crippen LogP contribution is -2.66. The van der Waals surface area contributed by atoms with E-state index in [2.05, 4.69) is 15.5 Å². The van der Waals surface area contributed by atoms with Crippen molar-refractivity contribution in [2.45, 2.75) is 32.5 Å². The van der Waals surface area contributed by atoms with Crippen molar-refractivity contribution in [3.8, 4) is 0 Å². The monoisotopic (exact) mass is 487 g/mol. The fourth-order valence-corrected chi connectivity index (χ4v) is 4.88. The second kappa shape index (κ2) is 10.4. The summed E-state index contributed by atoms with van der Waals surface area (Å²) >= 11 is 0. The van der Waals surface area contributed by atoms with E-state index in [1.54, 1.807) is 9.80 Å². The van der Waals surface area contributed by atoms with E-state index in [4.69, 9.17) is 0 Å². The quantitative estimate of drug-likeness (QED) is 0.369. The summed E-state index contributed by atoms with van der Waals surface area (Å²) < 4.78 is 13.1. The summed E-state index contributed by atoms with van der Waals surface area (Å²) in [6, 6.07) is 5.64. The number of aliphatic hydroxyl groups excluding tert-OH is 1. The molecule has 0 radical (unpaired) electrons. The number of fused-ring (bicyclic) bond motifs is 2. The number of nitrogens with one attached hydrogen (secondary N) is 2. The van der Waals surface area contributed by atoms with Gasteiger partial charge in [0.05, 0.1) is 6.54 Å². The molecule has 3 N–H and O–H groups in total. The molecule has 0 bridgehead atoms. The maximum absolute atomic E-state index is 13.2. The predicted molar refractivity (Wildman–Crippen MR) is 123 cm³/mol. The van der Waals surface area contributed by atoms with E-state index >= 15 is 0 Å². The van der Waals surface area contributed by atoms with Crippen LogP contribution >= 0.6 is 0 Å². The van der Waals surface area contributed by atoms with Crippen molar-refractivity contribution in [1.82, 2.24) is 25.3 Å². The average molecular weight is 488 g/mol. The minimum Gasteiger partial charge on any atom is -0.503 e. The van der Waals surface area contributed by atoms with Crippen LogP contribution in [0.2, 0.25) is 0 Å². The molecule has 2 fully saturated rings. The zero-order chi connectivity index (χ0) is 25.1. The molecule has 1 aromatic rings. The molecule has 3 amide bonds. The molecule has 2 atom stereocenters. The number of carbonyl (C=O) groups excluding carboxylic acids is 4. The molecule has 2 unspecified atom stereocenters. The summed E-state index contributed by atoms with van der Waals surface area (Å²) in [5.41, 5.74) is 0.623. The van der Waals surface area contributed by atoms with Crippen molar-refractivity contribution in [2.24, 2.45) is 5.92 Å². The number of piperazine rings is 1. The fraction of sp³-hybridized carbons (Fsp3) is 0.500. The molecule has 2 saturated heterocycles. The fourth-order valence-electron chi connectivity index (χ4n) is 4.88. The molecule has 1 aromatic carbocycles. The van der Waals surface area contributed by atoms with Gasteiger partial charge in [0, 0.05) is 46.2 Å². The van der Waals surface area contributed by atoms with Gasteiger partial charge in [-0.3, -0.25) is 24.1 Å². The number of halogens is 1. The van der Waals surface area contributed by atoms with E-state index in [1.165, 1.54) is 31.2 Å². The number of Topliss-reactive ketones (excluding diaryl/α,β-unsaturated/α-hetero) is 1. The smallest absolute Gasteiger partial charge is 0.275 e. The highest BCUT2D eigenvalue weighted by molar-refractivity contribution is 6.13. The molecular weight excluding hydrogens is 457 g/mol. The maximum Gasteiger partial charge on any atom is 0.275 e. The second-order valence-corrected chi connectivity index (χ2v) is 9.07. The molecule has 0 aliphatic carbocycles. The molecule has 0 spiro atoms. The Hall–Kier alpha value is -3.47. The molecule has 188 valence electrons. The Bertz CT molecular complexity index is 1040. The van der Waals surface area contributed by atoms with E-state index in [9.17, 15) is 28.7 Å². The number of amides is 3. The van der Waals surface area contributed by atoms with E-state index in [-0.39, 0.29) is 36.7 Å². The lowest BCUT2D eigenvalue weighted by Gasteiger charge is -2.51. The molecule has 3 heterocycles. The van der Waals surface area contributed by atoms with Gasteiger partial charge < -0.3 is 25.5 Å². The van der Waals surface area contributed by atoms with Crippen LogP contribution in [0.4, 0.5) is 4.39 Å². The van der Waals surface area contributed by atoms with Gasteiger partial charge in [-0.1, -0.05) is 12.1 Å². The van der Waals surface area contributed by atoms with Crippen LogP contribution in [0.15, 0.2) is 35.7 Å². The van der Waals surface area contributed by atoms with E-state index in [1.807, 2.05) is 0 Å². The van der Waals surface area contributed by atoms with Gasteiger partial charge in [-0.2, -0.15) is 0 Å². The molecule has 3 aliphatic rings. The third kappa shape index (κ3) is 5.29. The SMILES string of the molecule is CC(=O)NCCCN1CCCN2C(=O)C3=C(O)C(=O)C(C(=O)NCc4ccc(F)cc4)CN3CC12. The summed E-state index contributed by atoms with van der Waals surface area (Å²) in [5, 5.41) is 16.1. The Labute approximate surface area is 202 Å². The highest BCUT2D eigenvalue weighted by atomic mass is 19.1. The van der Waals surface area contributed by atoms with Crippen molar-refractivity contribution in [3.05, 3.63) is 47.1 Å². The van der Waals surface area contributed by atoms with Gasteiger partial charge in [0.25, 0.3) is 5.91 Å². The first-order valence-electron chi connectivity index (χ1n) is 11.8. The molecule has 10 nitrogen and oxygen atoms in total. The van der Waals surface area contributed by atoms with Gasteiger partial charge in [-0.25, -0.2) is 4.39 Å². The second-order valence-electron chi connectivity index (χ2n) is 9.07. The van der Waals surface area contributed by atoms with Crippen molar-refractivity contribution < 1.29 is 28.7 Å². The van der Waals surface area contributed by atoms with Crippen molar-refractivity contribution in [1.29, 1.82) is 0 Å². The van der Waals surface area contributed by atoms with E-state index in [0.717, 1.165) is 19.4 Å². The normalized spacial score (nSPS) is 22.6. The number of ketones is 1. The lowest BCUT2D eigenvalue weighted by molar-refractivity contribution is -0.150. The van der Waals surface area contributed by atoms with Gasteiger partial charge in [0.1, 0.15) is 23.6 Å². The minimum absolute atomic E-state index is 0.0106. The Morgan fingerprint density at radius 1 is 1.11 bits per heavy atom. The molecule has 0 saturated carbocycles. The highest BCUT2D eigenvalue weighted by Gasteiger charge is 2.48. The molecule has 0 aromatic heterocycles. The predicted octanol–water partition coefficient (Wildman–Crippen LogP) is 0.113. The Morgan fingerprint density at radius 3 is 2.57 bits per heavy atom. The van der Waals surface area contributed by atoms with Gasteiger partial charge in [-0.15, -0.1) is 0 Å². The van der Waals surface area contributed by atoms with Crippen LogP contribution < -0.4 is 10.6 Å². The first kappa shape index (κ1) is 24.6. The topological polar surface area (TPSA) is 122 Å².